The van der Waals surface area contributed by atoms with E-state index in [-0.39, 0.29) is 43.1 Å². The van der Waals surface area contributed by atoms with Crippen LogP contribution in [0, 0.1) is 11.7 Å². The van der Waals surface area contributed by atoms with Crippen LogP contribution in [0.2, 0.25) is 5.02 Å². The van der Waals surface area contributed by atoms with Crippen molar-refractivity contribution in [2.24, 2.45) is 5.92 Å². The minimum atomic E-state index is -0.358. The predicted molar refractivity (Wildman–Crippen MR) is 112 cm³/mol. The molecule has 7 heteroatoms. The molecule has 1 saturated carbocycles. The van der Waals surface area contributed by atoms with Gasteiger partial charge in [0.2, 0.25) is 5.91 Å². The number of morpholine rings is 1. The molecule has 162 valence electrons. The maximum Gasteiger partial charge on any atom is 0.246 e. The van der Waals surface area contributed by atoms with Crippen LogP contribution < -0.4 is 5.32 Å². The highest BCUT2D eigenvalue weighted by atomic mass is 35.5. The molecule has 1 aliphatic carbocycles. The van der Waals surface area contributed by atoms with Crippen molar-refractivity contribution >= 4 is 17.5 Å². The molecule has 0 bridgehead atoms. The van der Waals surface area contributed by atoms with Crippen LogP contribution in [0.1, 0.15) is 51.1 Å². The maximum atomic E-state index is 14.6. The van der Waals surface area contributed by atoms with Gasteiger partial charge in [-0.25, -0.2) is 4.39 Å². The molecule has 0 aromatic heterocycles. The molecule has 1 aromatic rings. The molecule has 1 aliphatic heterocycles. The third-order valence-electron chi connectivity index (χ3n) is 5.88. The summed E-state index contributed by atoms with van der Waals surface area (Å²) in [5.41, 5.74) is 0.422. The number of benzene rings is 1. The van der Waals surface area contributed by atoms with Gasteiger partial charge in [-0.2, -0.15) is 0 Å². The summed E-state index contributed by atoms with van der Waals surface area (Å²) < 4.78 is 26.1. The van der Waals surface area contributed by atoms with Crippen molar-refractivity contribution in [3.05, 3.63) is 34.6 Å². The van der Waals surface area contributed by atoms with E-state index >= 15 is 0 Å². The van der Waals surface area contributed by atoms with Gasteiger partial charge < -0.3 is 14.8 Å². The smallest absolute Gasteiger partial charge is 0.246 e. The Morgan fingerprint density at radius 2 is 2.24 bits per heavy atom. The number of hydrogen-bond acceptors (Lipinski definition) is 4. The number of rotatable bonds is 7. The molecule has 4 unspecified atom stereocenters. The molecule has 2 fully saturated rings. The Balaban J connectivity index is 1.61. The van der Waals surface area contributed by atoms with Crippen molar-refractivity contribution in [3.8, 4) is 0 Å². The van der Waals surface area contributed by atoms with Crippen molar-refractivity contribution in [1.29, 1.82) is 0 Å². The van der Waals surface area contributed by atoms with Crippen LogP contribution in [0.4, 0.5) is 4.39 Å². The Labute approximate surface area is 177 Å². The van der Waals surface area contributed by atoms with E-state index in [4.69, 9.17) is 21.1 Å². The maximum absolute atomic E-state index is 14.6. The Bertz CT molecular complexity index is 670. The predicted octanol–water partition coefficient (Wildman–Crippen LogP) is 3.95. The van der Waals surface area contributed by atoms with E-state index in [1.54, 1.807) is 12.1 Å². The van der Waals surface area contributed by atoms with Gasteiger partial charge in [-0.05, 0) is 37.8 Å². The first kappa shape index (κ1) is 22.5. The van der Waals surface area contributed by atoms with Crippen LogP contribution in [0.5, 0.6) is 0 Å². The normalized spacial score (nSPS) is 26.8. The number of hydrogen-bond donors (Lipinski definition) is 1. The molecule has 1 N–H and O–H groups in total. The largest absolute Gasteiger partial charge is 0.376 e. The zero-order chi connectivity index (χ0) is 20.8. The van der Waals surface area contributed by atoms with Crippen molar-refractivity contribution in [2.45, 2.75) is 57.8 Å². The lowest BCUT2D eigenvalue weighted by Gasteiger charge is -2.38. The second-order valence-electron chi connectivity index (χ2n) is 8.34. The van der Waals surface area contributed by atoms with Gasteiger partial charge >= 0.3 is 0 Å². The molecule has 4 atom stereocenters. The number of carbonyl (C=O) groups excluding carboxylic acids is 1. The molecule has 1 saturated heterocycles. The Morgan fingerprint density at radius 3 is 2.97 bits per heavy atom. The quantitative estimate of drug-likeness (QED) is 0.717. The van der Waals surface area contributed by atoms with Gasteiger partial charge in [0.15, 0.2) is 0 Å². The van der Waals surface area contributed by atoms with Gasteiger partial charge in [0.05, 0.1) is 24.9 Å². The molecular formula is C22H32ClFN2O3. The molecule has 5 nitrogen and oxygen atoms in total. The summed E-state index contributed by atoms with van der Waals surface area (Å²) in [7, 11) is 0. The summed E-state index contributed by atoms with van der Waals surface area (Å²) in [5.74, 6) is 0.109. The SMILES string of the molecule is CC1CCCC(OCC(=O)NCC(c2c(F)cccc2Cl)N2CCOC(C)C2)C1. The Hall–Kier alpha value is -1.21. The van der Waals surface area contributed by atoms with Crippen LogP contribution >= 0.6 is 11.6 Å². The van der Waals surface area contributed by atoms with Crippen molar-refractivity contribution < 1.29 is 18.7 Å². The highest BCUT2D eigenvalue weighted by Crippen LogP contribution is 2.31. The minimum Gasteiger partial charge on any atom is -0.376 e. The Kier molecular flexibility index (Phi) is 8.30. The monoisotopic (exact) mass is 426 g/mol. The summed E-state index contributed by atoms with van der Waals surface area (Å²) >= 11 is 6.34. The third kappa shape index (κ3) is 6.38. The fourth-order valence-corrected chi connectivity index (χ4v) is 4.65. The summed E-state index contributed by atoms with van der Waals surface area (Å²) in [4.78, 5) is 14.5. The summed E-state index contributed by atoms with van der Waals surface area (Å²) in [5, 5.41) is 3.30. The second kappa shape index (κ2) is 10.7. The van der Waals surface area contributed by atoms with E-state index in [0.717, 1.165) is 19.3 Å². The second-order valence-corrected chi connectivity index (χ2v) is 8.74. The number of amides is 1. The first-order valence-corrected chi connectivity index (χ1v) is 11.0. The average molecular weight is 427 g/mol. The standard InChI is InChI=1S/C22H32ClFN2O3/c1-15-5-3-6-17(11-15)29-14-21(27)25-12-20(26-9-10-28-16(2)13-26)22-18(23)7-4-8-19(22)24/h4,7-8,15-17,20H,3,5-6,9-14H2,1-2H3,(H,25,27). The van der Waals surface area contributed by atoms with Gasteiger partial charge in [-0.15, -0.1) is 0 Å². The Morgan fingerprint density at radius 1 is 1.41 bits per heavy atom. The highest BCUT2D eigenvalue weighted by Gasteiger charge is 2.29. The van der Waals surface area contributed by atoms with Crippen LogP contribution in [0.3, 0.4) is 0 Å². The topological polar surface area (TPSA) is 50.8 Å². The third-order valence-corrected chi connectivity index (χ3v) is 6.21. The van der Waals surface area contributed by atoms with Crippen LogP contribution in [0.25, 0.3) is 0 Å². The molecule has 0 spiro atoms. The van der Waals surface area contributed by atoms with Gasteiger partial charge in [0.25, 0.3) is 0 Å². The molecule has 0 radical (unpaired) electrons. The molecule has 1 heterocycles. The number of nitrogens with one attached hydrogen (secondary N) is 1. The summed E-state index contributed by atoms with van der Waals surface area (Å²) in [6, 6.07) is 4.34. The lowest BCUT2D eigenvalue weighted by atomic mass is 9.89. The molecule has 1 aromatic carbocycles. The molecule has 1 amide bonds. The fraction of sp³-hybridized carbons (Fsp3) is 0.682. The summed E-state index contributed by atoms with van der Waals surface area (Å²) in [6.07, 6.45) is 4.60. The lowest BCUT2D eigenvalue weighted by Crippen LogP contribution is -2.47. The van der Waals surface area contributed by atoms with Crippen LogP contribution in [0.15, 0.2) is 18.2 Å². The van der Waals surface area contributed by atoms with Gasteiger partial charge in [0.1, 0.15) is 12.4 Å². The summed E-state index contributed by atoms with van der Waals surface area (Å²) in [6.45, 7) is 6.41. The number of halogens is 2. The van der Waals surface area contributed by atoms with E-state index in [1.807, 2.05) is 6.92 Å². The van der Waals surface area contributed by atoms with Crippen molar-refractivity contribution in [1.82, 2.24) is 10.2 Å². The first-order valence-electron chi connectivity index (χ1n) is 10.6. The van der Waals surface area contributed by atoms with E-state index in [0.29, 0.717) is 36.2 Å². The minimum absolute atomic E-state index is 0.0363. The van der Waals surface area contributed by atoms with Crippen LogP contribution in [-0.2, 0) is 14.3 Å². The highest BCUT2D eigenvalue weighted by molar-refractivity contribution is 6.31. The van der Waals surface area contributed by atoms with Crippen LogP contribution in [-0.4, -0.2) is 55.9 Å². The number of nitrogens with zero attached hydrogens (tertiary/aromatic N) is 1. The van der Waals surface area contributed by atoms with Crippen molar-refractivity contribution in [2.75, 3.05) is 32.8 Å². The molecular weight excluding hydrogens is 395 g/mol. The molecule has 29 heavy (non-hydrogen) atoms. The van der Waals surface area contributed by atoms with Gasteiger partial charge in [-0.3, -0.25) is 9.69 Å². The first-order chi connectivity index (χ1) is 13.9. The van der Waals surface area contributed by atoms with Gasteiger partial charge in [0, 0.05) is 30.2 Å². The number of carbonyl (C=O) groups is 1. The molecule has 2 aliphatic rings. The van der Waals surface area contributed by atoms with E-state index in [9.17, 15) is 9.18 Å². The lowest BCUT2D eigenvalue weighted by molar-refractivity contribution is -0.129. The molecule has 3 rings (SSSR count). The van der Waals surface area contributed by atoms with Crippen molar-refractivity contribution in [3.63, 3.8) is 0 Å². The zero-order valence-electron chi connectivity index (χ0n) is 17.3. The van der Waals surface area contributed by atoms with Gasteiger partial charge in [-0.1, -0.05) is 37.4 Å². The van der Waals surface area contributed by atoms with E-state index < -0.39 is 0 Å². The van der Waals surface area contributed by atoms with E-state index in [1.165, 1.54) is 12.5 Å². The average Bonchev–Trinajstić information content (AvgIpc) is 2.68. The zero-order valence-corrected chi connectivity index (χ0v) is 18.1. The fourth-order valence-electron chi connectivity index (χ4n) is 4.36. The number of ether oxygens (including phenoxy) is 2. The van der Waals surface area contributed by atoms with E-state index in [2.05, 4.69) is 17.1 Å².